The van der Waals surface area contributed by atoms with Crippen molar-refractivity contribution in [2.75, 3.05) is 33.4 Å². The maximum Gasteiger partial charge on any atom is 0.407 e. The first-order chi connectivity index (χ1) is 20.3. The number of hydrogen-bond donors (Lipinski definition) is 4. The van der Waals surface area contributed by atoms with E-state index in [2.05, 4.69) is 32.9 Å². The van der Waals surface area contributed by atoms with Gasteiger partial charge >= 0.3 is 12.1 Å². The highest BCUT2D eigenvalue weighted by molar-refractivity contribution is 5.91. The van der Waals surface area contributed by atoms with Crippen LogP contribution in [0.1, 0.15) is 73.3 Å². The molecule has 0 aliphatic heterocycles. The van der Waals surface area contributed by atoms with Crippen molar-refractivity contribution in [3.63, 3.8) is 0 Å². The molecule has 244 valence electrons. The Labute approximate surface area is 256 Å². The molecule has 0 fully saturated rings. The van der Waals surface area contributed by atoms with Crippen LogP contribution in [0.2, 0.25) is 0 Å². The standard InChI is InChI=1S/C18H32N4O7.C11H14O.C2H6/c1-12(23)20-10-14(24)22-13(16(26)21-11-15(25)28-5)8-6-7-9-19-17(27)29-18(2,3)4;1-3-4-9-12-11-7-5-10(2)6-8-11;1-2/h13H,6-11H2,1-5H3,(H,19,27)(H,20,23)(H,21,26)(H,22,24);3-8H,9H2,1-2H3;1-2H3/b;4-3-;. The van der Waals surface area contributed by atoms with Gasteiger partial charge in [0.25, 0.3) is 0 Å². The molecule has 0 bridgehead atoms. The molecule has 0 heterocycles. The summed E-state index contributed by atoms with van der Waals surface area (Å²) in [5.74, 6) is -1.15. The van der Waals surface area contributed by atoms with Crippen molar-refractivity contribution in [2.24, 2.45) is 0 Å². The van der Waals surface area contributed by atoms with Crippen molar-refractivity contribution in [1.82, 2.24) is 21.3 Å². The topological polar surface area (TPSA) is 161 Å². The van der Waals surface area contributed by atoms with Crippen LogP contribution in [0.4, 0.5) is 4.79 Å². The first-order valence-corrected chi connectivity index (χ1v) is 14.4. The summed E-state index contributed by atoms with van der Waals surface area (Å²) in [5, 5.41) is 9.84. The van der Waals surface area contributed by atoms with Crippen LogP contribution in [0.15, 0.2) is 36.4 Å². The third-order valence-corrected chi connectivity index (χ3v) is 4.97. The quantitative estimate of drug-likeness (QED) is 0.142. The Morgan fingerprint density at radius 2 is 1.56 bits per heavy atom. The van der Waals surface area contributed by atoms with Crippen LogP contribution in [0, 0.1) is 6.92 Å². The Hall–Kier alpha value is -4.09. The molecule has 43 heavy (non-hydrogen) atoms. The lowest BCUT2D eigenvalue weighted by atomic mass is 10.1. The summed E-state index contributed by atoms with van der Waals surface area (Å²) in [6, 6.07) is 7.16. The predicted molar refractivity (Wildman–Crippen MR) is 167 cm³/mol. The van der Waals surface area contributed by atoms with E-state index in [1.807, 2.05) is 57.2 Å². The van der Waals surface area contributed by atoms with E-state index in [1.165, 1.54) is 19.6 Å². The van der Waals surface area contributed by atoms with Gasteiger partial charge in [0, 0.05) is 13.5 Å². The van der Waals surface area contributed by atoms with Gasteiger partial charge in [-0.25, -0.2) is 4.79 Å². The maximum absolute atomic E-state index is 12.3. The molecule has 1 unspecified atom stereocenters. The molecular weight excluding hydrogens is 556 g/mol. The van der Waals surface area contributed by atoms with Gasteiger partial charge < -0.3 is 35.5 Å². The van der Waals surface area contributed by atoms with Crippen LogP contribution in [-0.2, 0) is 28.7 Å². The molecule has 0 spiro atoms. The highest BCUT2D eigenvalue weighted by Crippen LogP contribution is 2.11. The van der Waals surface area contributed by atoms with Crippen molar-refractivity contribution >= 4 is 29.8 Å². The molecule has 12 heteroatoms. The predicted octanol–water partition coefficient (Wildman–Crippen LogP) is 3.57. The molecule has 1 aromatic carbocycles. The van der Waals surface area contributed by atoms with Gasteiger partial charge in [-0.2, -0.15) is 0 Å². The number of ether oxygens (including phenoxy) is 3. The molecule has 0 saturated carbocycles. The molecular formula is C31H52N4O8. The monoisotopic (exact) mass is 608 g/mol. The summed E-state index contributed by atoms with van der Waals surface area (Å²) in [5.41, 5.74) is 0.666. The van der Waals surface area contributed by atoms with Gasteiger partial charge in [0.15, 0.2) is 0 Å². The summed E-state index contributed by atoms with van der Waals surface area (Å²) < 4.78 is 15.0. The van der Waals surface area contributed by atoms with Crippen molar-refractivity contribution in [3.05, 3.63) is 42.0 Å². The lowest BCUT2D eigenvalue weighted by Crippen LogP contribution is -2.50. The Morgan fingerprint density at radius 1 is 0.930 bits per heavy atom. The second-order valence-electron chi connectivity index (χ2n) is 9.94. The molecule has 1 atom stereocenters. The summed E-state index contributed by atoms with van der Waals surface area (Å²) in [6.45, 7) is 15.0. The van der Waals surface area contributed by atoms with Crippen molar-refractivity contribution in [2.45, 2.75) is 86.3 Å². The van der Waals surface area contributed by atoms with Gasteiger partial charge in [0.2, 0.25) is 17.7 Å². The zero-order valence-corrected chi connectivity index (χ0v) is 27.3. The minimum Gasteiger partial charge on any atom is -0.490 e. The molecule has 0 aliphatic carbocycles. The second kappa shape index (κ2) is 24.5. The number of carbonyl (C=O) groups is 5. The lowest BCUT2D eigenvalue weighted by molar-refractivity contribution is -0.141. The normalized spacial score (nSPS) is 10.9. The second-order valence-corrected chi connectivity index (χ2v) is 9.94. The van der Waals surface area contributed by atoms with Crippen LogP contribution in [-0.4, -0.2) is 74.8 Å². The number of allylic oxidation sites excluding steroid dienone is 1. The van der Waals surface area contributed by atoms with Gasteiger partial charge in [-0.1, -0.05) is 43.7 Å². The molecule has 0 saturated heterocycles. The fourth-order valence-corrected chi connectivity index (χ4v) is 2.93. The smallest absolute Gasteiger partial charge is 0.407 e. The molecule has 1 aromatic rings. The average molecular weight is 609 g/mol. The van der Waals surface area contributed by atoms with Crippen LogP contribution >= 0.6 is 0 Å². The third-order valence-electron chi connectivity index (χ3n) is 4.97. The number of aryl methyl sites for hydroxylation is 1. The zero-order valence-electron chi connectivity index (χ0n) is 27.3. The number of alkyl carbamates (subject to hydrolysis) is 1. The fraction of sp³-hybridized carbons (Fsp3) is 0.581. The molecule has 12 nitrogen and oxygen atoms in total. The van der Waals surface area contributed by atoms with E-state index >= 15 is 0 Å². The zero-order chi connectivity index (χ0) is 33.3. The third kappa shape index (κ3) is 25.4. The number of nitrogens with one attached hydrogen (secondary N) is 4. The van der Waals surface area contributed by atoms with E-state index in [4.69, 9.17) is 9.47 Å². The molecule has 0 aromatic heterocycles. The van der Waals surface area contributed by atoms with E-state index in [0.29, 0.717) is 26.0 Å². The minimum absolute atomic E-state index is 0.268. The number of hydrogen-bond acceptors (Lipinski definition) is 8. The van der Waals surface area contributed by atoms with Crippen molar-refractivity contribution in [1.29, 1.82) is 0 Å². The SMILES string of the molecule is C/C=C\COc1ccc(C)cc1.CC.COC(=O)CNC(=O)C(CCCCNC(=O)OC(C)(C)C)NC(=O)CNC(C)=O. The number of carbonyl (C=O) groups excluding carboxylic acids is 5. The van der Waals surface area contributed by atoms with Gasteiger partial charge in [-0.15, -0.1) is 0 Å². The van der Waals surface area contributed by atoms with Crippen LogP contribution in [0.3, 0.4) is 0 Å². The highest BCUT2D eigenvalue weighted by Gasteiger charge is 2.21. The van der Waals surface area contributed by atoms with E-state index in [9.17, 15) is 24.0 Å². The Bertz CT molecular complexity index is 988. The molecule has 1 rings (SSSR count). The number of esters is 1. The first-order valence-electron chi connectivity index (χ1n) is 14.4. The summed E-state index contributed by atoms with van der Waals surface area (Å²) in [4.78, 5) is 57.8. The van der Waals surface area contributed by atoms with E-state index in [0.717, 1.165) is 5.75 Å². The molecule has 4 N–H and O–H groups in total. The van der Waals surface area contributed by atoms with Crippen molar-refractivity contribution in [3.8, 4) is 5.75 Å². The number of methoxy groups -OCH3 is 1. The largest absolute Gasteiger partial charge is 0.490 e. The van der Waals surface area contributed by atoms with Gasteiger partial charge in [-0.3, -0.25) is 19.2 Å². The summed E-state index contributed by atoms with van der Waals surface area (Å²) in [6.07, 6.45) is 4.75. The van der Waals surface area contributed by atoms with Gasteiger partial charge in [-0.05, 0) is 66.0 Å². The fourth-order valence-electron chi connectivity index (χ4n) is 2.93. The van der Waals surface area contributed by atoms with Crippen molar-refractivity contribution < 1.29 is 38.2 Å². The lowest BCUT2D eigenvalue weighted by Gasteiger charge is -2.20. The number of amides is 4. The Kier molecular flexibility index (Phi) is 23.4. The maximum atomic E-state index is 12.3. The number of rotatable bonds is 14. The summed E-state index contributed by atoms with van der Waals surface area (Å²) in [7, 11) is 1.19. The van der Waals surface area contributed by atoms with Crippen LogP contribution in [0.25, 0.3) is 0 Å². The van der Waals surface area contributed by atoms with Gasteiger partial charge in [0.1, 0.15) is 30.5 Å². The minimum atomic E-state index is -0.901. The number of unbranched alkanes of at least 4 members (excludes halogenated alkanes) is 1. The van der Waals surface area contributed by atoms with E-state index in [-0.39, 0.29) is 25.4 Å². The first kappa shape index (κ1) is 41.0. The highest BCUT2D eigenvalue weighted by atomic mass is 16.6. The summed E-state index contributed by atoms with van der Waals surface area (Å²) >= 11 is 0. The van der Waals surface area contributed by atoms with Crippen LogP contribution in [0.5, 0.6) is 5.75 Å². The van der Waals surface area contributed by atoms with Crippen LogP contribution < -0.4 is 26.0 Å². The number of benzene rings is 1. The Balaban J connectivity index is 0. The molecule has 4 amide bonds. The van der Waals surface area contributed by atoms with E-state index < -0.39 is 35.5 Å². The average Bonchev–Trinajstić information content (AvgIpc) is 2.95. The van der Waals surface area contributed by atoms with Gasteiger partial charge in [0.05, 0.1) is 13.7 Å². The van der Waals surface area contributed by atoms with E-state index in [1.54, 1.807) is 20.8 Å². The molecule has 0 radical (unpaired) electrons. The Morgan fingerprint density at radius 3 is 2.09 bits per heavy atom. The molecule has 0 aliphatic rings.